The first-order valence-corrected chi connectivity index (χ1v) is 6.76. The number of carboxylic acids is 1. The molecule has 0 aliphatic rings. The Kier molecular flexibility index (Phi) is 4.32. The molecule has 0 saturated heterocycles. The third kappa shape index (κ3) is 3.25. The van der Waals surface area contributed by atoms with Crippen LogP contribution in [0.2, 0.25) is 0 Å². The summed E-state index contributed by atoms with van der Waals surface area (Å²) in [5.41, 5.74) is 0.586. The van der Waals surface area contributed by atoms with E-state index in [0.717, 1.165) is 4.47 Å². The van der Waals surface area contributed by atoms with Crippen molar-refractivity contribution in [1.82, 2.24) is 4.57 Å². The van der Waals surface area contributed by atoms with Crippen LogP contribution in [0, 0.1) is 0 Å². The molecule has 2 N–H and O–H groups in total. The minimum Gasteiger partial charge on any atom is -0.497 e. The fourth-order valence-electron chi connectivity index (χ4n) is 1.88. The van der Waals surface area contributed by atoms with E-state index in [4.69, 9.17) is 9.84 Å². The molecule has 0 atom stereocenters. The number of carbonyl (C=O) groups is 2. The summed E-state index contributed by atoms with van der Waals surface area (Å²) in [7, 11) is 3.19. The quantitative estimate of drug-likeness (QED) is 0.886. The minimum atomic E-state index is -1.12. The van der Waals surface area contributed by atoms with Crippen molar-refractivity contribution in [1.29, 1.82) is 0 Å². The van der Waals surface area contributed by atoms with Crippen LogP contribution < -0.4 is 10.1 Å². The predicted molar refractivity (Wildman–Crippen MR) is 81.0 cm³/mol. The number of anilines is 1. The summed E-state index contributed by atoms with van der Waals surface area (Å²) in [6, 6.07) is 6.03. The van der Waals surface area contributed by atoms with E-state index in [2.05, 4.69) is 21.2 Å². The second-order valence-electron chi connectivity index (χ2n) is 4.33. The van der Waals surface area contributed by atoms with Crippen LogP contribution in [0.1, 0.15) is 20.8 Å². The number of nitrogens with zero attached hydrogens (tertiary/aromatic N) is 1. The maximum atomic E-state index is 12.2. The lowest BCUT2D eigenvalue weighted by atomic mass is 10.1. The second kappa shape index (κ2) is 6.01. The van der Waals surface area contributed by atoms with E-state index in [0.29, 0.717) is 11.4 Å². The molecule has 1 aromatic carbocycles. The van der Waals surface area contributed by atoms with Crippen molar-refractivity contribution in [2.45, 2.75) is 0 Å². The molecule has 2 rings (SSSR count). The van der Waals surface area contributed by atoms with Crippen molar-refractivity contribution < 1.29 is 19.4 Å². The second-order valence-corrected chi connectivity index (χ2v) is 5.24. The van der Waals surface area contributed by atoms with E-state index >= 15 is 0 Å². The number of nitrogens with one attached hydrogen (secondary N) is 1. The van der Waals surface area contributed by atoms with Gasteiger partial charge >= 0.3 is 5.97 Å². The summed E-state index contributed by atoms with van der Waals surface area (Å²) in [6.07, 6.45) is 1.73. The highest BCUT2D eigenvalue weighted by Gasteiger charge is 2.16. The molecule has 1 amide bonds. The first-order valence-electron chi connectivity index (χ1n) is 5.97. The van der Waals surface area contributed by atoms with Gasteiger partial charge in [0.15, 0.2) is 0 Å². The molecule has 0 bridgehead atoms. The number of carboxylic acid groups (broad SMARTS) is 1. The molecule has 6 nitrogen and oxygen atoms in total. The highest BCUT2D eigenvalue weighted by molar-refractivity contribution is 9.10. The van der Waals surface area contributed by atoms with Gasteiger partial charge in [-0.3, -0.25) is 4.79 Å². The standard InChI is InChI=1S/C14H13BrN2O4/c1-17-7-8(15)5-12(17)13(18)16-11-6-9(21-2)3-4-10(11)14(19)20/h3-7H,1-2H3,(H,16,18)(H,19,20). The van der Waals surface area contributed by atoms with Gasteiger partial charge in [-0.1, -0.05) is 0 Å². The molecule has 0 fully saturated rings. The molecule has 2 aromatic rings. The van der Waals surface area contributed by atoms with Crippen molar-refractivity contribution in [3.05, 3.63) is 46.2 Å². The lowest BCUT2D eigenvalue weighted by Crippen LogP contribution is -2.17. The fraction of sp³-hybridized carbons (Fsp3) is 0.143. The number of benzene rings is 1. The molecular weight excluding hydrogens is 340 g/mol. The number of aromatic nitrogens is 1. The number of aryl methyl sites for hydroxylation is 1. The number of amides is 1. The molecule has 0 aliphatic carbocycles. The lowest BCUT2D eigenvalue weighted by Gasteiger charge is -2.10. The van der Waals surface area contributed by atoms with Crippen molar-refractivity contribution in [3.63, 3.8) is 0 Å². The molecule has 1 aromatic heterocycles. The summed E-state index contributed by atoms with van der Waals surface area (Å²) in [6.45, 7) is 0. The average molecular weight is 353 g/mol. The molecule has 110 valence electrons. The van der Waals surface area contributed by atoms with Crippen LogP contribution in [0.5, 0.6) is 5.75 Å². The Labute approximate surface area is 129 Å². The van der Waals surface area contributed by atoms with Gasteiger partial charge < -0.3 is 19.7 Å². The van der Waals surface area contributed by atoms with Crippen molar-refractivity contribution in [2.24, 2.45) is 7.05 Å². The van der Waals surface area contributed by atoms with E-state index in [9.17, 15) is 9.59 Å². The maximum absolute atomic E-state index is 12.2. The van der Waals surface area contributed by atoms with Gasteiger partial charge in [-0.05, 0) is 34.1 Å². The fourth-order valence-corrected chi connectivity index (χ4v) is 2.40. The molecule has 1 heterocycles. The number of carbonyl (C=O) groups excluding carboxylic acids is 1. The summed E-state index contributed by atoms with van der Waals surface area (Å²) < 4.78 is 7.45. The summed E-state index contributed by atoms with van der Waals surface area (Å²) in [5.74, 6) is -1.07. The van der Waals surface area contributed by atoms with E-state index in [-0.39, 0.29) is 11.3 Å². The van der Waals surface area contributed by atoms with Crippen LogP contribution in [0.4, 0.5) is 5.69 Å². The Morgan fingerprint density at radius 2 is 2.05 bits per heavy atom. The minimum absolute atomic E-state index is 0.00238. The summed E-state index contributed by atoms with van der Waals surface area (Å²) in [5, 5.41) is 11.8. The van der Waals surface area contributed by atoms with E-state index in [1.807, 2.05) is 0 Å². The van der Waals surface area contributed by atoms with Gasteiger partial charge in [0.25, 0.3) is 5.91 Å². The summed E-state index contributed by atoms with van der Waals surface area (Å²) in [4.78, 5) is 23.4. The number of hydrogen-bond donors (Lipinski definition) is 2. The first kappa shape index (κ1) is 15.1. The van der Waals surface area contributed by atoms with Gasteiger partial charge in [0, 0.05) is 23.8 Å². The Morgan fingerprint density at radius 1 is 1.33 bits per heavy atom. The van der Waals surface area contributed by atoms with Crippen molar-refractivity contribution >= 4 is 33.5 Å². The highest BCUT2D eigenvalue weighted by Crippen LogP contribution is 2.24. The molecule has 0 radical (unpaired) electrons. The van der Waals surface area contributed by atoms with Crippen LogP contribution in [0.3, 0.4) is 0 Å². The summed E-state index contributed by atoms with van der Waals surface area (Å²) >= 11 is 3.28. The van der Waals surface area contributed by atoms with E-state index in [1.165, 1.54) is 25.3 Å². The maximum Gasteiger partial charge on any atom is 0.337 e. The topological polar surface area (TPSA) is 80.6 Å². The lowest BCUT2D eigenvalue weighted by molar-refractivity contribution is 0.0698. The zero-order valence-corrected chi connectivity index (χ0v) is 13.0. The number of hydrogen-bond acceptors (Lipinski definition) is 3. The normalized spacial score (nSPS) is 10.2. The Bertz CT molecular complexity index is 709. The molecule has 7 heteroatoms. The van der Waals surface area contributed by atoms with Crippen LogP contribution in [-0.2, 0) is 7.05 Å². The number of methoxy groups -OCH3 is 1. The highest BCUT2D eigenvalue weighted by atomic mass is 79.9. The zero-order valence-electron chi connectivity index (χ0n) is 11.4. The molecule has 21 heavy (non-hydrogen) atoms. The van der Waals surface area contributed by atoms with Gasteiger partial charge in [-0.2, -0.15) is 0 Å². The van der Waals surface area contributed by atoms with Crippen LogP contribution in [0.15, 0.2) is 34.9 Å². The van der Waals surface area contributed by atoms with Gasteiger partial charge in [0.2, 0.25) is 0 Å². The van der Waals surface area contributed by atoms with Crippen LogP contribution in [-0.4, -0.2) is 28.7 Å². The Morgan fingerprint density at radius 3 is 2.57 bits per heavy atom. The third-order valence-electron chi connectivity index (χ3n) is 2.91. The largest absolute Gasteiger partial charge is 0.497 e. The first-order chi connectivity index (χ1) is 9.92. The van der Waals surface area contributed by atoms with Crippen LogP contribution in [0.25, 0.3) is 0 Å². The Hall–Kier alpha value is -2.28. The third-order valence-corrected chi connectivity index (χ3v) is 3.34. The number of halogens is 1. The number of aromatic carboxylic acids is 1. The Balaban J connectivity index is 2.35. The number of ether oxygens (including phenoxy) is 1. The van der Waals surface area contributed by atoms with E-state index in [1.54, 1.807) is 23.9 Å². The van der Waals surface area contributed by atoms with Gasteiger partial charge in [0.05, 0.1) is 18.4 Å². The predicted octanol–water partition coefficient (Wildman–Crippen LogP) is 2.75. The van der Waals surface area contributed by atoms with Gasteiger partial charge in [-0.25, -0.2) is 4.79 Å². The smallest absolute Gasteiger partial charge is 0.337 e. The molecule has 0 unspecified atom stereocenters. The molecular formula is C14H13BrN2O4. The van der Waals surface area contributed by atoms with Crippen molar-refractivity contribution in [2.75, 3.05) is 12.4 Å². The molecule has 0 spiro atoms. The molecule has 0 aliphatic heterocycles. The van der Waals surface area contributed by atoms with Gasteiger partial charge in [-0.15, -0.1) is 0 Å². The zero-order chi connectivity index (χ0) is 15.6. The SMILES string of the molecule is COc1ccc(C(=O)O)c(NC(=O)c2cc(Br)cn2C)c1. The van der Waals surface area contributed by atoms with Gasteiger partial charge in [0.1, 0.15) is 11.4 Å². The average Bonchev–Trinajstić information content (AvgIpc) is 2.77. The molecule has 0 saturated carbocycles. The van der Waals surface area contributed by atoms with E-state index < -0.39 is 11.9 Å². The van der Waals surface area contributed by atoms with Crippen molar-refractivity contribution in [3.8, 4) is 5.75 Å². The number of rotatable bonds is 4. The van der Waals surface area contributed by atoms with Crippen LogP contribution >= 0.6 is 15.9 Å². The monoisotopic (exact) mass is 352 g/mol.